The normalized spacial score (nSPS) is 11.0. The van der Waals surface area contributed by atoms with E-state index >= 15 is 0 Å². The van der Waals surface area contributed by atoms with Gasteiger partial charge in [0.25, 0.3) is 0 Å². The van der Waals surface area contributed by atoms with Crippen LogP contribution in [0.25, 0.3) is 0 Å². The number of benzene rings is 2. The summed E-state index contributed by atoms with van der Waals surface area (Å²) in [5.74, 6) is -0.337. The number of ether oxygens (including phenoxy) is 1. The lowest BCUT2D eigenvalue weighted by Crippen LogP contribution is -2.10. The summed E-state index contributed by atoms with van der Waals surface area (Å²) in [5.41, 5.74) is 2.88. The zero-order valence-corrected chi connectivity index (χ0v) is 12.4. The van der Waals surface area contributed by atoms with Gasteiger partial charge >= 0.3 is 5.97 Å². The van der Waals surface area contributed by atoms with Crippen molar-refractivity contribution in [2.24, 2.45) is 4.99 Å². The smallest absolute Gasteiger partial charge is 0.328 e. The van der Waals surface area contributed by atoms with Crippen molar-refractivity contribution in [1.82, 2.24) is 0 Å². The van der Waals surface area contributed by atoms with Crippen LogP contribution in [0.4, 0.5) is 0 Å². The second-order valence-electron chi connectivity index (χ2n) is 4.82. The van der Waals surface area contributed by atoms with Gasteiger partial charge in [-0.15, -0.1) is 0 Å². The van der Waals surface area contributed by atoms with Crippen LogP contribution in [0.2, 0.25) is 0 Å². The first kappa shape index (κ1) is 15.7. The molecule has 2 rings (SSSR count). The number of carbonyl (C=O) groups is 1. The van der Waals surface area contributed by atoms with E-state index in [9.17, 15) is 4.79 Å². The van der Waals surface area contributed by atoms with Crippen molar-refractivity contribution in [1.29, 1.82) is 0 Å². The predicted octanol–water partition coefficient (Wildman–Crippen LogP) is 3.60. The topological polar surface area (TPSA) is 38.7 Å². The van der Waals surface area contributed by atoms with Gasteiger partial charge in [0, 0.05) is 12.1 Å². The molecule has 0 amide bonds. The van der Waals surface area contributed by atoms with Gasteiger partial charge in [-0.3, -0.25) is 9.79 Å². The van der Waals surface area contributed by atoms with Gasteiger partial charge in [-0.1, -0.05) is 67.2 Å². The Morgan fingerprint density at radius 2 is 1.59 bits per heavy atom. The summed E-state index contributed by atoms with van der Waals surface area (Å²) in [7, 11) is 0. The third kappa shape index (κ3) is 5.37. The van der Waals surface area contributed by atoms with Gasteiger partial charge in [-0.25, -0.2) is 0 Å². The van der Waals surface area contributed by atoms with Gasteiger partial charge in [-0.05, 0) is 17.2 Å². The summed E-state index contributed by atoms with van der Waals surface area (Å²) in [6.45, 7) is 4.04. The van der Waals surface area contributed by atoms with Crippen molar-refractivity contribution >= 4 is 11.7 Å². The Balaban J connectivity index is 1.83. The third-order valence-electron chi connectivity index (χ3n) is 3.12. The van der Waals surface area contributed by atoms with Crippen molar-refractivity contribution in [3.05, 3.63) is 84.4 Å². The molecule has 3 nitrogen and oxygen atoms in total. The van der Waals surface area contributed by atoms with E-state index < -0.39 is 0 Å². The van der Waals surface area contributed by atoms with Crippen LogP contribution in [0, 0.1) is 0 Å². The first-order valence-corrected chi connectivity index (χ1v) is 7.17. The van der Waals surface area contributed by atoms with Crippen LogP contribution >= 0.6 is 0 Å². The van der Waals surface area contributed by atoms with Gasteiger partial charge in [0.2, 0.25) is 0 Å². The van der Waals surface area contributed by atoms with E-state index in [1.54, 1.807) is 6.08 Å². The molecule has 0 atom stereocenters. The quantitative estimate of drug-likeness (QED) is 0.578. The standard InChI is InChI=1S/C19H19NO2/c1-2-18(13-16-9-5-3-6-10-16)20-14-19(21)22-15-17-11-7-4-8-12-17/h2-12H,1,13-15H2. The van der Waals surface area contributed by atoms with Crippen molar-refractivity contribution in [3.8, 4) is 0 Å². The van der Waals surface area contributed by atoms with Crippen molar-refractivity contribution in [2.45, 2.75) is 13.0 Å². The second kappa shape index (κ2) is 8.57. The largest absolute Gasteiger partial charge is 0.459 e. The summed E-state index contributed by atoms with van der Waals surface area (Å²) in [6.07, 6.45) is 2.34. The summed E-state index contributed by atoms with van der Waals surface area (Å²) in [5, 5.41) is 0. The summed E-state index contributed by atoms with van der Waals surface area (Å²) >= 11 is 0. The van der Waals surface area contributed by atoms with E-state index in [1.165, 1.54) is 0 Å². The number of rotatable bonds is 7. The minimum Gasteiger partial charge on any atom is -0.459 e. The van der Waals surface area contributed by atoms with Crippen LogP contribution in [-0.2, 0) is 22.6 Å². The number of hydrogen-bond acceptors (Lipinski definition) is 3. The van der Waals surface area contributed by atoms with Gasteiger partial charge in [0.1, 0.15) is 13.2 Å². The lowest BCUT2D eigenvalue weighted by atomic mass is 10.1. The highest BCUT2D eigenvalue weighted by Crippen LogP contribution is 2.03. The van der Waals surface area contributed by atoms with E-state index in [0.29, 0.717) is 6.42 Å². The highest BCUT2D eigenvalue weighted by molar-refractivity contribution is 5.97. The molecule has 0 aliphatic carbocycles. The minimum atomic E-state index is -0.337. The van der Waals surface area contributed by atoms with Gasteiger partial charge in [-0.2, -0.15) is 0 Å². The number of hydrogen-bond donors (Lipinski definition) is 0. The molecular formula is C19H19NO2. The van der Waals surface area contributed by atoms with Crippen LogP contribution in [0.1, 0.15) is 11.1 Å². The number of nitrogens with zero attached hydrogens (tertiary/aromatic N) is 1. The number of esters is 1. The molecule has 0 unspecified atom stereocenters. The molecule has 3 heteroatoms. The molecule has 22 heavy (non-hydrogen) atoms. The number of aliphatic imine (C=N–C) groups is 1. The fourth-order valence-electron chi connectivity index (χ4n) is 1.95. The molecule has 0 heterocycles. The van der Waals surface area contributed by atoms with Crippen LogP contribution in [-0.4, -0.2) is 18.2 Å². The zero-order chi connectivity index (χ0) is 15.6. The molecule has 112 valence electrons. The molecule has 0 spiro atoms. The number of allylic oxidation sites excluding steroid dienone is 1. The Morgan fingerprint density at radius 3 is 2.18 bits per heavy atom. The van der Waals surface area contributed by atoms with Crippen molar-refractivity contribution in [3.63, 3.8) is 0 Å². The zero-order valence-electron chi connectivity index (χ0n) is 12.4. The van der Waals surface area contributed by atoms with Gasteiger partial charge in [0.15, 0.2) is 0 Å². The molecular weight excluding hydrogens is 274 g/mol. The lowest BCUT2D eigenvalue weighted by molar-refractivity contribution is -0.143. The first-order valence-electron chi connectivity index (χ1n) is 7.17. The molecule has 0 aromatic heterocycles. The molecule has 0 fully saturated rings. The Labute approximate surface area is 131 Å². The van der Waals surface area contributed by atoms with Gasteiger partial charge < -0.3 is 4.74 Å². The highest BCUT2D eigenvalue weighted by atomic mass is 16.5. The third-order valence-corrected chi connectivity index (χ3v) is 3.12. The molecule has 0 bridgehead atoms. The van der Waals surface area contributed by atoms with E-state index in [0.717, 1.165) is 16.8 Å². The molecule has 0 saturated carbocycles. The molecule has 2 aromatic rings. The lowest BCUT2D eigenvalue weighted by Gasteiger charge is -2.04. The van der Waals surface area contributed by atoms with E-state index in [1.807, 2.05) is 60.7 Å². The van der Waals surface area contributed by atoms with E-state index in [2.05, 4.69) is 11.6 Å². The molecule has 2 aromatic carbocycles. The maximum Gasteiger partial charge on any atom is 0.328 e. The highest BCUT2D eigenvalue weighted by Gasteiger charge is 2.03. The summed E-state index contributed by atoms with van der Waals surface area (Å²) in [6, 6.07) is 19.6. The van der Waals surface area contributed by atoms with Crippen LogP contribution in [0.3, 0.4) is 0 Å². The molecule has 0 aliphatic rings. The van der Waals surface area contributed by atoms with Crippen LogP contribution in [0.5, 0.6) is 0 Å². The Morgan fingerprint density at radius 1 is 1.00 bits per heavy atom. The predicted molar refractivity (Wildman–Crippen MR) is 88.9 cm³/mol. The maximum atomic E-state index is 11.7. The summed E-state index contributed by atoms with van der Waals surface area (Å²) < 4.78 is 5.19. The first-order chi connectivity index (χ1) is 10.8. The molecule has 0 saturated heterocycles. The van der Waals surface area contributed by atoms with E-state index in [4.69, 9.17) is 4.74 Å². The average Bonchev–Trinajstić information content (AvgIpc) is 2.58. The molecule has 0 radical (unpaired) electrons. The van der Waals surface area contributed by atoms with Gasteiger partial charge in [0.05, 0.1) is 0 Å². The van der Waals surface area contributed by atoms with Crippen LogP contribution < -0.4 is 0 Å². The van der Waals surface area contributed by atoms with Crippen molar-refractivity contribution in [2.75, 3.05) is 6.54 Å². The summed E-state index contributed by atoms with van der Waals surface area (Å²) in [4.78, 5) is 16.0. The number of carbonyl (C=O) groups excluding carboxylic acids is 1. The monoisotopic (exact) mass is 293 g/mol. The van der Waals surface area contributed by atoms with Crippen molar-refractivity contribution < 1.29 is 9.53 Å². The maximum absolute atomic E-state index is 11.7. The second-order valence-corrected chi connectivity index (χ2v) is 4.82. The Kier molecular flexibility index (Phi) is 6.12. The van der Waals surface area contributed by atoms with E-state index in [-0.39, 0.29) is 19.1 Å². The fraction of sp³-hybridized carbons (Fsp3) is 0.158. The minimum absolute atomic E-state index is 0.0149. The Bertz CT molecular complexity index is 633. The average molecular weight is 293 g/mol. The van der Waals surface area contributed by atoms with Crippen LogP contribution in [0.15, 0.2) is 78.3 Å². The SMILES string of the molecule is C=CC(Cc1ccccc1)=NCC(=O)OCc1ccccc1. The fourth-order valence-corrected chi connectivity index (χ4v) is 1.95. The molecule has 0 N–H and O–H groups in total. The molecule has 0 aliphatic heterocycles. The Hall–Kier alpha value is -2.68.